The van der Waals surface area contributed by atoms with Crippen molar-refractivity contribution in [3.8, 4) is 5.75 Å². The van der Waals surface area contributed by atoms with Gasteiger partial charge < -0.3 is 19.7 Å². The second-order valence-corrected chi connectivity index (χ2v) is 6.36. The van der Waals surface area contributed by atoms with Gasteiger partial charge in [-0.15, -0.1) is 24.0 Å². The third-order valence-corrected chi connectivity index (χ3v) is 4.22. The van der Waals surface area contributed by atoms with Gasteiger partial charge in [-0.25, -0.2) is 4.99 Å². The van der Waals surface area contributed by atoms with E-state index in [2.05, 4.69) is 15.2 Å². The maximum absolute atomic E-state index is 12.2. The Kier molecular flexibility index (Phi) is 10.9. The molecule has 0 spiro atoms. The fraction of sp³-hybridized carbons (Fsp3) is 0.632. The lowest BCUT2D eigenvalue weighted by Crippen LogP contribution is -2.47. The molecule has 1 heterocycles. The standard InChI is InChI=1S/C19H28F3N3O2.HI/c1-3-23-18(25-11-9-17(10-12-25)26-4-2)24-13-15-5-7-16(8-6-15)27-14-19(20,21)22;/h5-8,17H,3-4,9-14H2,1-2H3,(H,23,24);1H. The molecule has 9 heteroatoms. The first kappa shape index (κ1) is 24.8. The summed E-state index contributed by atoms with van der Waals surface area (Å²) in [6.45, 7) is 6.49. The van der Waals surface area contributed by atoms with Gasteiger partial charge in [-0.2, -0.15) is 13.2 Å². The summed E-state index contributed by atoms with van der Waals surface area (Å²) in [6, 6.07) is 6.55. The van der Waals surface area contributed by atoms with Crippen molar-refractivity contribution in [2.24, 2.45) is 4.99 Å². The Morgan fingerprint density at radius 3 is 2.36 bits per heavy atom. The number of nitrogens with zero attached hydrogens (tertiary/aromatic N) is 2. The smallest absolute Gasteiger partial charge is 0.422 e. The molecule has 0 aromatic heterocycles. The van der Waals surface area contributed by atoms with Crippen LogP contribution in [0.4, 0.5) is 13.2 Å². The van der Waals surface area contributed by atoms with E-state index in [1.165, 1.54) is 12.1 Å². The number of benzene rings is 1. The summed E-state index contributed by atoms with van der Waals surface area (Å²) in [4.78, 5) is 6.89. The molecular weight excluding hydrogens is 486 g/mol. The highest BCUT2D eigenvalue weighted by atomic mass is 127. The minimum atomic E-state index is -4.33. The van der Waals surface area contributed by atoms with Crippen LogP contribution in [0.2, 0.25) is 0 Å². The van der Waals surface area contributed by atoms with E-state index in [1.54, 1.807) is 12.1 Å². The normalized spacial score (nSPS) is 15.9. The van der Waals surface area contributed by atoms with Gasteiger partial charge in [0.1, 0.15) is 5.75 Å². The number of guanidine groups is 1. The fourth-order valence-electron chi connectivity index (χ4n) is 2.92. The van der Waals surface area contributed by atoms with Gasteiger partial charge in [0.25, 0.3) is 0 Å². The van der Waals surface area contributed by atoms with Crippen molar-refractivity contribution in [1.29, 1.82) is 0 Å². The number of hydrogen-bond acceptors (Lipinski definition) is 3. The van der Waals surface area contributed by atoms with E-state index < -0.39 is 12.8 Å². The van der Waals surface area contributed by atoms with Gasteiger partial charge in [0, 0.05) is 26.2 Å². The SMILES string of the molecule is CCNC(=NCc1ccc(OCC(F)(F)F)cc1)N1CCC(OCC)CC1.I. The van der Waals surface area contributed by atoms with Gasteiger partial charge in [-0.05, 0) is 44.4 Å². The van der Waals surface area contributed by atoms with Crippen LogP contribution in [0.1, 0.15) is 32.3 Å². The van der Waals surface area contributed by atoms with Gasteiger partial charge in [0.15, 0.2) is 12.6 Å². The Bertz CT molecular complexity index is 589. The zero-order chi connectivity index (χ0) is 19.7. The third kappa shape index (κ3) is 8.85. The average Bonchev–Trinajstić information content (AvgIpc) is 2.65. The van der Waals surface area contributed by atoms with E-state index in [9.17, 15) is 13.2 Å². The first-order valence-corrected chi connectivity index (χ1v) is 9.34. The maximum atomic E-state index is 12.2. The monoisotopic (exact) mass is 515 g/mol. The number of nitrogens with one attached hydrogen (secondary N) is 1. The number of halogens is 4. The quantitative estimate of drug-likeness (QED) is 0.336. The summed E-state index contributed by atoms with van der Waals surface area (Å²) in [6.07, 6.45) is -2.06. The molecule has 2 rings (SSSR count). The van der Waals surface area contributed by atoms with Gasteiger partial charge in [0.05, 0.1) is 12.6 Å². The lowest BCUT2D eigenvalue weighted by atomic mass is 10.1. The number of piperidine rings is 1. The van der Waals surface area contributed by atoms with Crippen molar-refractivity contribution in [1.82, 2.24) is 10.2 Å². The largest absolute Gasteiger partial charge is 0.484 e. The molecule has 0 radical (unpaired) electrons. The van der Waals surface area contributed by atoms with Crippen LogP contribution in [-0.2, 0) is 11.3 Å². The van der Waals surface area contributed by atoms with Crippen molar-refractivity contribution in [3.63, 3.8) is 0 Å². The highest BCUT2D eigenvalue weighted by Crippen LogP contribution is 2.19. The molecule has 0 amide bonds. The summed E-state index contributed by atoms with van der Waals surface area (Å²) in [5, 5.41) is 3.30. The predicted octanol–water partition coefficient (Wildman–Crippen LogP) is 4.21. The predicted molar refractivity (Wildman–Crippen MR) is 114 cm³/mol. The van der Waals surface area contributed by atoms with Crippen LogP contribution < -0.4 is 10.1 Å². The summed E-state index contributed by atoms with van der Waals surface area (Å²) < 4.78 is 47.0. The van der Waals surface area contributed by atoms with E-state index in [0.717, 1.165) is 50.6 Å². The molecule has 1 fully saturated rings. The maximum Gasteiger partial charge on any atom is 0.422 e. The fourth-order valence-corrected chi connectivity index (χ4v) is 2.92. The van der Waals surface area contributed by atoms with E-state index in [0.29, 0.717) is 12.6 Å². The first-order chi connectivity index (χ1) is 12.9. The van der Waals surface area contributed by atoms with Crippen LogP contribution in [0.5, 0.6) is 5.75 Å². The molecule has 1 N–H and O–H groups in total. The van der Waals surface area contributed by atoms with Crippen LogP contribution in [0.3, 0.4) is 0 Å². The zero-order valence-corrected chi connectivity index (χ0v) is 18.6. The van der Waals surface area contributed by atoms with E-state index in [-0.39, 0.29) is 29.7 Å². The van der Waals surface area contributed by atoms with Gasteiger partial charge in [-0.3, -0.25) is 0 Å². The third-order valence-electron chi connectivity index (χ3n) is 4.22. The van der Waals surface area contributed by atoms with Crippen LogP contribution in [0.25, 0.3) is 0 Å². The first-order valence-electron chi connectivity index (χ1n) is 9.34. The summed E-state index contributed by atoms with van der Waals surface area (Å²) in [5.74, 6) is 1.05. The van der Waals surface area contributed by atoms with Crippen LogP contribution in [-0.4, -0.2) is 56.0 Å². The van der Waals surface area contributed by atoms with E-state index >= 15 is 0 Å². The van der Waals surface area contributed by atoms with Gasteiger partial charge in [0.2, 0.25) is 0 Å². The number of ether oxygens (including phenoxy) is 2. The minimum absolute atomic E-state index is 0. The lowest BCUT2D eigenvalue weighted by Gasteiger charge is -2.34. The molecule has 0 aliphatic carbocycles. The average molecular weight is 515 g/mol. The Hall–Kier alpha value is -1.23. The van der Waals surface area contributed by atoms with Crippen molar-refractivity contribution >= 4 is 29.9 Å². The molecule has 1 aliphatic heterocycles. The Balaban J connectivity index is 0.00000392. The molecule has 0 saturated carbocycles. The van der Waals surface area contributed by atoms with Gasteiger partial charge >= 0.3 is 6.18 Å². The molecule has 1 aliphatic rings. The number of hydrogen-bond donors (Lipinski definition) is 1. The highest BCUT2D eigenvalue weighted by Gasteiger charge is 2.28. The molecular formula is C19H29F3IN3O2. The van der Waals surface area contributed by atoms with Crippen LogP contribution in [0, 0.1) is 0 Å². The second kappa shape index (κ2) is 12.4. The van der Waals surface area contributed by atoms with Crippen molar-refractivity contribution in [3.05, 3.63) is 29.8 Å². The number of likely N-dealkylation sites (tertiary alicyclic amines) is 1. The second-order valence-electron chi connectivity index (χ2n) is 6.36. The molecule has 0 bridgehead atoms. The van der Waals surface area contributed by atoms with Crippen molar-refractivity contribution in [2.75, 3.05) is 32.8 Å². The van der Waals surface area contributed by atoms with Crippen LogP contribution >= 0.6 is 24.0 Å². The number of aliphatic imine (C=N–C) groups is 1. The van der Waals surface area contributed by atoms with Crippen molar-refractivity contribution < 1.29 is 22.6 Å². The molecule has 1 aromatic carbocycles. The Labute approximate surface area is 181 Å². The number of rotatable bonds is 7. The number of alkyl halides is 3. The topological polar surface area (TPSA) is 46.1 Å². The minimum Gasteiger partial charge on any atom is -0.484 e. The summed E-state index contributed by atoms with van der Waals surface area (Å²) in [7, 11) is 0. The Morgan fingerprint density at radius 1 is 1.18 bits per heavy atom. The molecule has 5 nitrogen and oxygen atoms in total. The highest BCUT2D eigenvalue weighted by molar-refractivity contribution is 14.0. The summed E-state index contributed by atoms with van der Waals surface area (Å²) >= 11 is 0. The Morgan fingerprint density at radius 2 is 1.82 bits per heavy atom. The summed E-state index contributed by atoms with van der Waals surface area (Å²) in [5.41, 5.74) is 0.911. The molecule has 0 atom stereocenters. The zero-order valence-electron chi connectivity index (χ0n) is 16.3. The van der Waals surface area contributed by atoms with Crippen molar-refractivity contribution in [2.45, 2.75) is 45.5 Å². The molecule has 160 valence electrons. The molecule has 1 saturated heterocycles. The van der Waals surface area contributed by atoms with E-state index in [4.69, 9.17) is 9.47 Å². The molecule has 28 heavy (non-hydrogen) atoms. The van der Waals surface area contributed by atoms with Gasteiger partial charge in [-0.1, -0.05) is 12.1 Å². The molecule has 0 unspecified atom stereocenters. The molecule has 1 aromatic rings. The van der Waals surface area contributed by atoms with E-state index in [1.807, 2.05) is 13.8 Å². The van der Waals surface area contributed by atoms with Crippen LogP contribution in [0.15, 0.2) is 29.3 Å². The lowest BCUT2D eigenvalue weighted by molar-refractivity contribution is -0.153.